The largest absolute Gasteiger partial charge is 0.493 e. The van der Waals surface area contributed by atoms with Crippen LogP contribution in [0.4, 0.5) is 0 Å². The summed E-state index contributed by atoms with van der Waals surface area (Å²) in [5, 5.41) is 10.7. The van der Waals surface area contributed by atoms with Crippen LogP contribution in [-0.2, 0) is 11.3 Å². The van der Waals surface area contributed by atoms with Gasteiger partial charge in [-0.1, -0.05) is 31.4 Å². The Balaban J connectivity index is 1.22. The van der Waals surface area contributed by atoms with E-state index in [0.717, 1.165) is 32.5 Å². The van der Waals surface area contributed by atoms with Crippen LogP contribution >= 0.6 is 0 Å². The number of aromatic nitrogens is 2. The molecule has 7 heteroatoms. The molecule has 1 aromatic carbocycles. The van der Waals surface area contributed by atoms with Crippen LogP contribution in [-0.4, -0.2) is 54.4 Å². The molecule has 2 aliphatic rings. The van der Waals surface area contributed by atoms with Crippen molar-refractivity contribution in [2.24, 2.45) is 5.92 Å². The molecule has 1 aromatic heterocycles. The van der Waals surface area contributed by atoms with Crippen molar-refractivity contribution in [3.05, 3.63) is 41.7 Å². The molecule has 1 aliphatic heterocycles. The molecule has 2 aromatic rings. The Hall–Kier alpha value is -2.54. The van der Waals surface area contributed by atoms with Crippen molar-refractivity contribution in [2.45, 2.75) is 57.4 Å². The van der Waals surface area contributed by atoms with E-state index in [4.69, 9.17) is 9.47 Å². The van der Waals surface area contributed by atoms with Crippen molar-refractivity contribution in [1.29, 1.82) is 0 Å². The summed E-state index contributed by atoms with van der Waals surface area (Å²) in [6.45, 7) is 3.74. The van der Waals surface area contributed by atoms with Gasteiger partial charge in [0.05, 0.1) is 13.3 Å². The van der Waals surface area contributed by atoms with E-state index in [1.165, 1.54) is 43.4 Å². The van der Waals surface area contributed by atoms with Gasteiger partial charge in [0.15, 0.2) is 18.1 Å². The van der Waals surface area contributed by atoms with Crippen molar-refractivity contribution in [2.75, 3.05) is 33.4 Å². The van der Waals surface area contributed by atoms with E-state index in [1.807, 2.05) is 30.5 Å². The van der Waals surface area contributed by atoms with Crippen LogP contribution < -0.4 is 14.8 Å². The Morgan fingerprint density at radius 2 is 1.97 bits per heavy atom. The molecule has 32 heavy (non-hydrogen) atoms. The molecular formula is C25H36N4O3. The molecular weight excluding hydrogens is 404 g/mol. The van der Waals surface area contributed by atoms with E-state index in [1.54, 1.807) is 7.11 Å². The Morgan fingerprint density at radius 1 is 1.16 bits per heavy atom. The van der Waals surface area contributed by atoms with E-state index in [0.29, 0.717) is 29.9 Å². The second-order valence-electron chi connectivity index (χ2n) is 9.13. The van der Waals surface area contributed by atoms with Gasteiger partial charge < -0.3 is 14.8 Å². The van der Waals surface area contributed by atoms with Crippen LogP contribution in [0.3, 0.4) is 0 Å². The fourth-order valence-electron chi connectivity index (χ4n) is 5.08. The number of nitrogens with one attached hydrogen (secondary N) is 2. The smallest absolute Gasteiger partial charge is 0.257 e. The van der Waals surface area contributed by atoms with E-state index in [-0.39, 0.29) is 12.5 Å². The number of aromatic amines is 1. The van der Waals surface area contributed by atoms with Gasteiger partial charge in [-0.05, 0) is 50.3 Å². The van der Waals surface area contributed by atoms with E-state index < -0.39 is 0 Å². The van der Waals surface area contributed by atoms with Crippen LogP contribution in [0.15, 0.2) is 30.5 Å². The summed E-state index contributed by atoms with van der Waals surface area (Å²) in [6.07, 6.45) is 10.9. The van der Waals surface area contributed by atoms with Crippen LogP contribution in [0.5, 0.6) is 11.5 Å². The second kappa shape index (κ2) is 11.4. The zero-order valence-electron chi connectivity index (χ0n) is 19.1. The number of para-hydroxylation sites is 2. The number of carbonyl (C=O) groups is 1. The normalized spacial score (nSPS) is 20.1. The number of methoxy groups -OCH3 is 1. The molecule has 0 bridgehead atoms. The Kier molecular flexibility index (Phi) is 8.04. The van der Waals surface area contributed by atoms with Crippen molar-refractivity contribution >= 4 is 5.91 Å². The standard InChI is InChI=1S/C25H36N4O3/c1-31-22-11-5-6-12-23(22)32-18-24(30)26-14-19-8-7-13-29(16-19)17-21-15-27-28-25(21)20-9-3-2-4-10-20/h5-6,11-12,15,19-20H,2-4,7-10,13-14,16-18H2,1H3,(H,26,30)(H,27,28). The first-order valence-electron chi connectivity index (χ1n) is 12.0. The predicted molar refractivity (Wildman–Crippen MR) is 124 cm³/mol. The zero-order chi connectivity index (χ0) is 22.2. The highest BCUT2D eigenvalue weighted by Gasteiger charge is 2.24. The van der Waals surface area contributed by atoms with Gasteiger partial charge in [-0.2, -0.15) is 5.10 Å². The van der Waals surface area contributed by atoms with Gasteiger partial charge in [0.1, 0.15) is 0 Å². The molecule has 1 saturated heterocycles. The monoisotopic (exact) mass is 440 g/mol. The average Bonchev–Trinajstić information content (AvgIpc) is 3.30. The third-order valence-corrected chi connectivity index (χ3v) is 6.78. The number of H-pyrrole nitrogens is 1. The molecule has 0 spiro atoms. The maximum absolute atomic E-state index is 12.3. The van der Waals surface area contributed by atoms with Gasteiger partial charge in [-0.15, -0.1) is 0 Å². The molecule has 2 N–H and O–H groups in total. The highest BCUT2D eigenvalue weighted by molar-refractivity contribution is 5.77. The maximum atomic E-state index is 12.3. The number of rotatable bonds is 9. The summed E-state index contributed by atoms with van der Waals surface area (Å²) in [5.41, 5.74) is 2.71. The molecule has 1 atom stereocenters. The molecule has 7 nitrogen and oxygen atoms in total. The Morgan fingerprint density at radius 3 is 2.78 bits per heavy atom. The lowest BCUT2D eigenvalue weighted by molar-refractivity contribution is -0.123. The third kappa shape index (κ3) is 6.03. The molecule has 1 amide bonds. The topological polar surface area (TPSA) is 79.5 Å². The number of carbonyl (C=O) groups excluding carboxylic acids is 1. The van der Waals surface area contributed by atoms with E-state index >= 15 is 0 Å². The van der Waals surface area contributed by atoms with Crippen molar-refractivity contribution in [1.82, 2.24) is 20.4 Å². The zero-order valence-corrected chi connectivity index (χ0v) is 19.1. The van der Waals surface area contributed by atoms with E-state index in [2.05, 4.69) is 20.4 Å². The first kappa shape index (κ1) is 22.6. The molecule has 1 saturated carbocycles. The van der Waals surface area contributed by atoms with Crippen LogP contribution in [0.25, 0.3) is 0 Å². The highest BCUT2D eigenvalue weighted by Crippen LogP contribution is 2.34. The number of hydrogen-bond acceptors (Lipinski definition) is 5. The van der Waals surface area contributed by atoms with Gasteiger partial charge >= 0.3 is 0 Å². The van der Waals surface area contributed by atoms with Gasteiger partial charge in [-0.25, -0.2) is 0 Å². The van der Waals surface area contributed by atoms with Gasteiger partial charge in [0, 0.05) is 36.8 Å². The molecule has 0 radical (unpaired) electrons. The van der Waals surface area contributed by atoms with Crippen LogP contribution in [0.2, 0.25) is 0 Å². The SMILES string of the molecule is COc1ccccc1OCC(=O)NCC1CCCN(Cc2cn[nH]c2C2CCCCC2)C1. The Bertz CT molecular complexity index is 862. The number of piperidine rings is 1. The summed E-state index contributed by atoms with van der Waals surface area (Å²) in [4.78, 5) is 14.8. The average molecular weight is 441 g/mol. The molecule has 1 unspecified atom stereocenters. The first-order chi connectivity index (χ1) is 15.7. The lowest BCUT2D eigenvalue weighted by atomic mass is 9.85. The minimum absolute atomic E-state index is 0.00340. The lowest BCUT2D eigenvalue weighted by Gasteiger charge is -2.33. The number of benzene rings is 1. The molecule has 2 fully saturated rings. The molecule has 2 heterocycles. The number of nitrogens with zero attached hydrogens (tertiary/aromatic N) is 2. The number of hydrogen-bond donors (Lipinski definition) is 2. The molecule has 4 rings (SSSR count). The lowest BCUT2D eigenvalue weighted by Crippen LogP contribution is -2.41. The Labute approximate surface area is 190 Å². The minimum atomic E-state index is -0.0950. The summed E-state index contributed by atoms with van der Waals surface area (Å²) < 4.78 is 10.9. The van der Waals surface area contributed by atoms with Crippen molar-refractivity contribution < 1.29 is 14.3 Å². The minimum Gasteiger partial charge on any atom is -0.493 e. The summed E-state index contributed by atoms with van der Waals surface area (Å²) in [6, 6.07) is 7.38. The van der Waals surface area contributed by atoms with Gasteiger partial charge in [-0.3, -0.25) is 14.8 Å². The quantitative estimate of drug-likeness (QED) is 0.619. The van der Waals surface area contributed by atoms with Crippen LogP contribution in [0, 0.1) is 5.92 Å². The fourth-order valence-corrected chi connectivity index (χ4v) is 5.08. The van der Waals surface area contributed by atoms with E-state index in [9.17, 15) is 4.79 Å². The van der Waals surface area contributed by atoms with Crippen molar-refractivity contribution in [3.63, 3.8) is 0 Å². The molecule has 174 valence electrons. The number of ether oxygens (including phenoxy) is 2. The first-order valence-corrected chi connectivity index (χ1v) is 12.0. The highest BCUT2D eigenvalue weighted by atomic mass is 16.5. The van der Waals surface area contributed by atoms with Gasteiger partial charge in [0.25, 0.3) is 5.91 Å². The molecule has 1 aliphatic carbocycles. The van der Waals surface area contributed by atoms with Crippen LogP contribution in [0.1, 0.15) is 62.1 Å². The predicted octanol–water partition coefficient (Wildman–Crippen LogP) is 3.87. The second-order valence-corrected chi connectivity index (χ2v) is 9.13. The number of likely N-dealkylation sites (tertiary alicyclic amines) is 1. The maximum Gasteiger partial charge on any atom is 0.257 e. The number of amides is 1. The fraction of sp³-hybridized carbons (Fsp3) is 0.600. The third-order valence-electron chi connectivity index (χ3n) is 6.78. The van der Waals surface area contributed by atoms with Gasteiger partial charge in [0.2, 0.25) is 0 Å². The summed E-state index contributed by atoms with van der Waals surface area (Å²) in [5.74, 6) is 2.23. The summed E-state index contributed by atoms with van der Waals surface area (Å²) >= 11 is 0. The van der Waals surface area contributed by atoms with Crippen molar-refractivity contribution in [3.8, 4) is 11.5 Å². The summed E-state index contributed by atoms with van der Waals surface area (Å²) in [7, 11) is 1.60.